The van der Waals surface area contributed by atoms with Crippen LogP contribution in [0.25, 0.3) is 0 Å². The molecule has 0 N–H and O–H groups in total. The van der Waals surface area contributed by atoms with E-state index in [-0.39, 0.29) is 30.6 Å². The van der Waals surface area contributed by atoms with Gasteiger partial charge in [-0.25, -0.2) is 9.59 Å². The standard InChI is InChI=1S/C25H23BrO6/c1-17(2)31-23-12-11-19(16-22(23)26)25(28)32-21-10-6-7-18(15-21)24(27)30-14-13-29-20-8-4-3-5-9-20/h3-12,15-17H,13-14H2,1-2H3. The number of hydrogen-bond donors (Lipinski definition) is 0. The highest BCUT2D eigenvalue weighted by Gasteiger charge is 2.14. The largest absolute Gasteiger partial charge is 0.490 e. The van der Waals surface area contributed by atoms with E-state index in [1.54, 1.807) is 36.4 Å². The van der Waals surface area contributed by atoms with Crippen LogP contribution in [-0.2, 0) is 4.74 Å². The lowest BCUT2D eigenvalue weighted by Crippen LogP contribution is -2.13. The van der Waals surface area contributed by atoms with E-state index < -0.39 is 11.9 Å². The van der Waals surface area contributed by atoms with Crippen molar-refractivity contribution in [2.24, 2.45) is 0 Å². The third-order valence-electron chi connectivity index (χ3n) is 4.14. The number of para-hydroxylation sites is 1. The fourth-order valence-electron chi connectivity index (χ4n) is 2.72. The van der Waals surface area contributed by atoms with Crippen LogP contribution in [0, 0.1) is 0 Å². The molecule has 0 heterocycles. The molecular weight excluding hydrogens is 476 g/mol. The van der Waals surface area contributed by atoms with Gasteiger partial charge in [0.25, 0.3) is 0 Å². The van der Waals surface area contributed by atoms with Crippen molar-refractivity contribution >= 4 is 27.9 Å². The van der Waals surface area contributed by atoms with Crippen LogP contribution >= 0.6 is 15.9 Å². The van der Waals surface area contributed by atoms with E-state index in [0.717, 1.165) is 0 Å². The van der Waals surface area contributed by atoms with Crippen molar-refractivity contribution in [1.29, 1.82) is 0 Å². The van der Waals surface area contributed by atoms with Gasteiger partial charge in [0.15, 0.2) is 0 Å². The molecule has 0 aromatic heterocycles. The number of esters is 2. The Morgan fingerprint density at radius 3 is 2.25 bits per heavy atom. The van der Waals surface area contributed by atoms with E-state index in [0.29, 0.717) is 21.5 Å². The van der Waals surface area contributed by atoms with Crippen molar-refractivity contribution in [3.63, 3.8) is 0 Å². The molecule has 166 valence electrons. The van der Waals surface area contributed by atoms with E-state index in [2.05, 4.69) is 15.9 Å². The van der Waals surface area contributed by atoms with Gasteiger partial charge in [0, 0.05) is 0 Å². The van der Waals surface area contributed by atoms with E-state index in [1.165, 1.54) is 6.07 Å². The van der Waals surface area contributed by atoms with Gasteiger partial charge in [-0.3, -0.25) is 0 Å². The predicted octanol–water partition coefficient (Wildman–Crippen LogP) is 5.69. The molecule has 0 saturated heterocycles. The Kier molecular flexibility index (Phi) is 8.27. The molecular formula is C25H23BrO6. The molecule has 0 aliphatic rings. The number of benzene rings is 3. The van der Waals surface area contributed by atoms with Gasteiger partial charge in [0.1, 0.15) is 30.5 Å². The summed E-state index contributed by atoms with van der Waals surface area (Å²) in [6.45, 7) is 4.16. The summed E-state index contributed by atoms with van der Waals surface area (Å²) in [4.78, 5) is 24.8. The molecule has 0 bridgehead atoms. The van der Waals surface area contributed by atoms with Gasteiger partial charge in [0.2, 0.25) is 0 Å². The van der Waals surface area contributed by atoms with E-state index in [4.69, 9.17) is 18.9 Å². The lowest BCUT2D eigenvalue weighted by atomic mass is 10.2. The van der Waals surface area contributed by atoms with E-state index in [9.17, 15) is 9.59 Å². The normalized spacial score (nSPS) is 10.5. The van der Waals surface area contributed by atoms with Gasteiger partial charge in [-0.05, 0) is 78.3 Å². The second-order valence-corrected chi connectivity index (χ2v) is 7.88. The molecule has 3 rings (SSSR count). The van der Waals surface area contributed by atoms with Crippen LogP contribution in [0.5, 0.6) is 17.2 Å². The Morgan fingerprint density at radius 1 is 0.812 bits per heavy atom. The molecule has 6 nitrogen and oxygen atoms in total. The highest BCUT2D eigenvalue weighted by molar-refractivity contribution is 9.10. The summed E-state index contributed by atoms with van der Waals surface area (Å²) < 4.78 is 22.4. The van der Waals surface area contributed by atoms with Crippen molar-refractivity contribution in [1.82, 2.24) is 0 Å². The monoisotopic (exact) mass is 498 g/mol. The molecule has 0 atom stereocenters. The average Bonchev–Trinajstić information content (AvgIpc) is 2.78. The fourth-order valence-corrected chi connectivity index (χ4v) is 3.20. The summed E-state index contributed by atoms with van der Waals surface area (Å²) in [6.07, 6.45) is 0.0106. The molecule has 0 unspecified atom stereocenters. The maximum Gasteiger partial charge on any atom is 0.343 e. The third kappa shape index (κ3) is 6.85. The van der Waals surface area contributed by atoms with Crippen LogP contribution < -0.4 is 14.2 Å². The molecule has 0 aliphatic heterocycles. The van der Waals surface area contributed by atoms with E-state index >= 15 is 0 Å². The van der Waals surface area contributed by atoms with Gasteiger partial charge in [0.05, 0.1) is 21.7 Å². The first-order valence-electron chi connectivity index (χ1n) is 10.1. The summed E-state index contributed by atoms with van der Waals surface area (Å²) in [5.74, 6) is 0.495. The van der Waals surface area contributed by atoms with E-state index in [1.807, 2.05) is 44.2 Å². The van der Waals surface area contributed by atoms with Crippen molar-refractivity contribution in [2.45, 2.75) is 20.0 Å². The molecule has 7 heteroatoms. The highest BCUT2D eigenvalue weighted by atomic mass is 79.9. The van der Waals surface area contributed by atoms with Crippen LogP contribution in [0.2, 0.25) is 0 Å². The number of hydrogen-bond acceptors (Lipinski definition) is 6. The molecule has 3 aromatic rings. The molecule has 0 saturated carbocycles. The second kappa shape index (κ2) is 11.3. The van der Waals surface area contributed by atoms with Crippen LogP contribution in [0.15, 0.2) is 77.3 Å². The number of ether oxygens (including phenoxy) is 4. The van der Waals surface area contributed by atoms with Crippen LogP contribution in [0.3, 0.4) is 0 Å². The molecule has 0 aliphatic carbocycles. The lowest BCUT2D eigenvalue weighted by molar-refractivity contribution is 0.0449. The number of carbonyl (C=O) groups excluding carboxylic acids is 2. The first-order valence-corrected chi connectivity index (χ1v) is 10.8. The maximum atomic E-state index is 12.5. The van der Waals surface area contributed by atoms with Gasteiger partial charge in [-0.1, -0.05) is 24.3 Å². The molecule has 3 aromatic carbocycles. The van der Waals surface area contributed by atoms with Gasteiger partial charge < -0.3 is 18.9 Å². The summed E-state index contributed by atoms with van der Waals surface area (Å²) in [5, 5.41) is 0. The molecule has 0 fully saturated rings. The first kappa shape index (κ1) is 23.3. The first-order chi connectivity index (χ1) is 15.4. The summed E-state index contributed by atoms with van der Waals surface area (Å²) >= 11 is 3.40. The van der Waals surface area contributed by atoms with Crippen LogP contribution in [0.1, 0.15) is 34.6 Å². The molecule has 0 radical (unpaired) electrons. The topological polar surface area (TPSA) is 71.1 Å². The summed E-state index contributed by atoms with van der Waals surface area (Å²) in [6, 6.07) is 20.5. The Hall–Kier alpha value is -3.32. The third-order valence-corrected chi connectivity index (χ3v) is 4.76. The predicted molar refractivity (Wildman–Crippen MR) is 124 cm³/mol. The van der Waals surface area contributed by atoms with Gasteiger partial charge >= 0.3 is 11.9 Å². The van der Waals surface area contributed by atoms with Crippen molar-refractivity contribution < 1.29 is 28.5 Å². The number of halogens is 1. The highest BCUT2D eigenvalue weighted by Crippen LogP contribution is 2.27. The van der Waals surface area contributed by atoms with Crippen LogP contribution in [0.4, 0.5) is 0 Å². The Morgan fingerprint density at radius 2 is 1.53 bits per heavy atom. The zero-order valence-electron chi connectivity index (χ0n) is 17.7. The van der Waals surface area contributed by atoms with Crippen LogP contribution in [-0.4, -0.2) is 31.3 Å². The molecule has 0 spiro atoms. The minimum Gasteiger partial charge on any atom is -0.490 e. The second-order valence-electron chi connectivity index (χ2n) is 7.03. The van der Waals surface area contributed by atoms with Gasteiger partial charge in [-0.2, -0.15) is 0 Å². The average molecular weight is 499 g/mol. The minimum absolute atomic E-state index is 0.0106. The fraction of sp³-hybridized carbons (Fsp3) is 0.200. The number of carbonyl (C=O) groups is 2. The Balaban J connectivity index is 1.55. The zero-order valence-corrected chi connectivity index (χ0v) is 19.3. The number of rotatable bonds is 9. The Bertz CT molecular complexity index is 1070. The lowest BCUT2D eigenvalue weighted by Gasteiger charge is -2.12. The smallest absolute Gasteiger partial charge is 0.343 e. The van der Waals surface area contributed by atoms with Gasteiger partial charge in [-0.15, -0.1) is 0 Å². The minimum atomic E-state index is -0.552. The summed E-state index contributed by atoms with van der Waals surface area (Å²) in [7, 11) is 0. The molecule has 32 heavy (non-hydrogen) atoms. The van der Waals surface area contributed by atoms with Crippen molar-refractivity contribution in [2.75, 3.05) is 13.2 Å². The van der Waals surface area contributed by atoms with Crippen molar-refractivity contribution in [3.05, 3.63) is 88.4 Å². The molecule has 0 amide bonds. The SMILES string of the molecule is CC(C)Oc1ccc(C(=O)Oc2cccc(C(=O)OCCOc3ccccc3)c2)cc1Br. The Labute approximate surface area is 195 Å². The maximum absolute atomic E-state index is 12.5. The quantitative estimate of drug-likeness (QED) is 0.214. The summed E-state index contributed by atoms with van der Waals surface area (Å²) in [5.41, 5.74) is 0.621. The zero-order chi connectivity index (χ0) is 22.9. The van der Waals surface area contributed by atoms with Crippen molar-refractivity contribution in [3.8, 4) is 17.2 Å².